The van der Waals surface area contributed by atoms with Crippen molar-refractivity contribution in [1.82, 2.24) is 10.6 Å². The standard InChI is InChI=1S/2C25H28ClF7N2O3Si/c1-14-12-15(23(27,24(28,29)30)25(31,32)33)10-11-18(14)35-20(36)16-8-7-9-17(26)19(16)21(37)34-13-22(2,3)38-39(4,5)6;1-14-12-15(23(27,24(28,29)30)25(31,32)33)10-11-18(14)35-21(37)19-16(8-7-9-17(19)26)20(36)34-13-22(2,3)38-39(4,5)6/h7-12H,13H2,1-6H3,(H,34,37)(H,35,36);7-12H,13H2,1-6H3,(H,34,36)(H,35,37). The highest BCUT2D eigenvalue weighted by atomic mass is 35.5. The summed E-state index contributed by atoms with van der Waals surface area (Å²) in [5.41, 5.74) is -17.9. The first-order valence-corrected chi connectivity index (χ1v) is 30.6. The van der Waals surface area contributed by atoms with Gasteiger partial charge in [-0.15, -0.1) is 0 Å². The van der Waals surface area contributed by atoms with Crippen LogP contribution in [0.4, 0.5) is 72.8 Å². The molecule has 0 spiro atoms. The topological polar surface area (TPSA) is 135 Å². The normalized spacial score (nSPS) is 13.3. The van der Waals surface area contributed by atoms with Crippen LogP contribution in [-0.2, 0) is 20.2 Å². The molecule has 0 fully saturated rings. The summed E-state index contributed by atoms with van der Waals surface area (Å²) in [7, 11) is -3.91. The van der Waals surface area contributed by atoms with Crippen LogP contribution in [0, 0.1) is 13.8 Å². The third-order valence-corrected chi connectivity index (χ3v) is 13.8. The van der Waals surface area contributed by atoms with Crippen LogP contribution in [0.5, 0.6) is 0 Å². The molecule has 4 rings (SSSR count). The number of alkyl halides is 14. The monoisotopic (exact) mass is 1200 g/mol. The van der Waals surface area contributed by atoms with E-state index < -0.39 is 98.6 Å². The smallest absolute Gasteiger partial charge is 0.411 e. The summed E-state index contributed by atoms with van der Waals surface area (Å²) in [5, 5.41) is 9.77. The summed E-state index contributed by atoms with van der Waals surface area (Å²) < 4.78 is 198. The fraction of sp³-hybridized carbons (Fsp3) is 0.440. The maximum Gasteiger partial charge on any atom is 0.435 e. The molecule has 78 heavy (non-hydrogen) atoms. The SMILES string of the molecule is Cc1cc(C(F)(C(F)(F)F)C(F)(F)F)ccc1NC(=O)c1c(Cl)cccc1C(=O)NCC(C)(C)O[Si](C)(C)C.Cc1cc(C(F)(C(F)(F)F)C(F)(F)F)ccc1NC(=O)c1cccc(Cl)c1C(=O)NCC(C)(C)O[Si](C)(C)C. The number of rotatable bonds is 16. The lowest BCUT2D eigenvalue weighted by Gasteiger charge is -2.33. The van der Waals surface area contributed by atoms with Crippen molar-refractivity contribution in [2.24, 2.45) is 0 Å². The van der Waals surface area contributed by atoms with Gasteiger partial charge in [-0.1, -0.05) is 59.6 Å². The first kappa shape index (κ1) is 67.0. The number of benzene rings is 4. The third kappa shape index (κ3) is 16.4. The minimum Gasteiger partial charge on any atom is -0.411 e. The molecule has 10 nitrogen and oxygen atoms in total. The van der Waals surface area contributed by atoms with E-state index in [9.17, 15) is 80.6 Å². The van der Waals surface area contributed by atoms with Gasteiger partial charge in [0.25, 0.3) is 23.6 Å². The van der Waals surface area contributed by atoms with Gasteiger partial charge in [0, 0.05) is 35.6 Å². The van der Waals surface area contributed by atoms with Gasteiger partial charge < -0.3 is 30.1 Å². The summed E-state index contributed by atoms with van der Waals surface area (Å²) in [6, 6.07) is 10.8. The van der Waals surface area contributed by atoms with Gasteiger partial charge >= 0.3 is 36.0 Å². The second-order valence-electron chi connectivity index (χ2n) is 20.9. The lowest BCUT2D eigenvalue weighted by molar-refractivity contribution is -0.349. The Balaban J connectivity index is 0.000000410. The molecule has 4 N–H and O–H groups in total. The molecule has 0 saturated heterocycles. The summed E-state index contributed by atoms with van der Waals surface area (Å²) in [5.74, 6) is -3.26. The molecule has 0 aliphatic carbocycles. The van der Waals surface area contributed by atoms with Crippen LogP contribution in [0.3, 0.4) is 0 Å². The molecular weight excluding hydrogens is 1150 g/mol. The van der Waals surface area contributed by atoms with E-state index in [0.717, 1.165) is 19.9 Å². The second-order valence-corrected chi connectivity index (χ2v) is 30.6. The lowest BCUT2D eigenvalue weighted by atomic mass is 9.92. The Morgan fingerprint density at radius 1 is 0.462 bits per heavy atom. The van der Waals surface area contributed by atoms with Gasteiger partial charge in [0.2, 0.25) is 0 Å². The van der Waals surface area contributed by atoms with Crippen LogP contribution in [0.1, 0.15) is 91.4 Å². The van der Waals surface area contributed by atoms with E-state index in [1.807, 2.05) is 39.3 Å². The first-order chi connectivity index (χ1) is 35.0. The number of carbonyl (C=O) groups is 4. The zero-order valence-electron chi connectivity index (χ0n) is 43.8. The minimum absolute atomic E-state index is 0.0753. The maximum absolute atomic E-state index is 14.4. The van der Waals surface area contributed by atoms with Crippen molar-refractivity contribution in [1.29, 1.82) is 0 Å². The van der Waals surface area contributed by atoms with Gasteiger partial charge in [-0.05, 0) is 128 Å². The number of hydrogen-bond acceptors (Lipinski definition) is 6. The van der Waals surface area contributed by atoms with E-state index in [0.29, 0.717) is 18.2 Å². The molecule has 0 heterocycles. The van der Waals surface area contributed by atoms with Gasteiger partial charge in [0.15, 0.2) is 16.6 Å². The van der Waals surface area contributed by atoms with Crippen molar-refractivity contribution in [3.8, 4) is 0 Å². The highest BCUT2D eigenvalue weighted by Crippen LogP contribution is 2.55. The number of nitrogens with one attached hydrogen (secondary N) is 4. The number of anilines is 2. The first-order valence-electron chi connectivity index (χ1n) is 23.0. The number of carbonyl (C=O) groups excluding carboxylic acids is 4. The van der Waals surface area contributed by atoms with E-state index in [-0.39, 0.29) is 80.0 Å². The Bertz CT molecular complexity index is 2840. The van der Waals surface area contributed by atoms with Gasteiger partial charge in [-0.2, -0.15) is 52.7 Å². The van der Waals surface area contributed by atoms with Crippen molar-refractivity contribution in [3.63, 3.8) is 0 Å². The predicted molar refractivity (Wildman–Crippen MR) is 273 cm³/mol. The molecule has 4 amide bonds. The quantitative estimate of drug-likeness (QED) is 0.0652. The summed E-state index contributed by atoms with van der Waals surface area (Å²) in [4.78, 5) is 52.0. The van der Waals surface area contributed by atoms with E-state index in [1.165, 1.54) is 36.4 Å². The molecule has 28 heteroatoms. The molecular formula is C50H56Cl2F14N4O6Si2. The molecule has 0 aliphatic rings. The minimum atomic E-state index is -6.28. The number of halogens is 16. The Kier molecular flexibility index (Phi) is 20.5. The predicted octanol–water partition coefficient (Wildman–Crippen LogP) is 15.1. The van der Waals surface area contributed by atoms with E-state index >= 15 is 0 Å². The molecule has 0 unspecified atom stereocenters. The van der Waals surface area contributed by atoms with Crippen LogP contribution < -0.4 is 21.3 Å². The Morgan fingerprint density at radius 2 is 0.769 bits per heavy atom. The van der Waals surface area contributed by atoms with Crippen LogP contribution in [-0.4, -0.2) is 89.3 Å². The number of amides is 4. The lowest BCUT2D eigenvalue weighted by Crippen LogP contribution is -2.50. The van der Waals surface area contributed by atoms with Crippen molar-refractivity contribution in [2.75, 3.05) is 23.7 Å². The molecule has 4 aromatic rings. The fourth-order valence-electron chi connectivity index (χ4n) is 7.78. The van der Waals surface area contributed by atoms with E-state index in [4.69, 9.17) is 32.1 Å². The Morgan fingerprint density at radius 3 is 1.09 bits per heavy atom. The number of aryl methyl sites for hydroxylation is 2. The van der Waals surface area contributed by atoms with Gasteiger partial charge in [0.05, 0.1) is 43.5 Å². The van der Waals surface area contributed by atoms with Crippen LogP contribution in [0.15, 0.2) is 72.8 Å². The van der Waals surface area contributed by atoms with Gasteiger partial charge in [-0.3, -0.25) is 19.2 Å². The zero-order valence-corrected chi connectivity index (χ0v) is 47.4. The summed E-state index contributed by atoms with van der Waals surface area (Å²) in [6.45, 7) is 21.3. The molecule has 0 aliphatic heterocycles. The average molecular weight is 1200 g/mol. The summed E-state index contributed by atoms with van der Waals surface area (Å²) >= 11 is 12.4. The molecule has 0 radical (unpaired) electrons. The average Bonchev–Trinajstić information content (AvgIpc) is 3.25. The highest BCUT2D eigenvalue weighted by molar-refractivity contribution is 6.70. The molecule has 4 aromatic carbocycles. The van der Waals surface area contributed by atoms with E-state index in [2.05, 4.69) is 21.3 Å². The van der Waals surface area contributed by atoms with Crippen molar-refractivity contribution < 1.29 is 89.5 Å². The fourth-order valence-corrected chi connectivity index (χ4v) is 11.8. The Hall–Kier alpha value is -5.29. The van der Waals surface area contributed by atoms with Gasteiger partial charge in [-0.25, -0.2) is 8.78 Å². The number of hydrogen-bond donors (Lipinski definition) is 4. The molecule has 432 valence electrons. The van der Waals surface area contributed by atoms with Crippen LogP contribution >= 0.6 is 23.2 Å². The maximum atomic E-state index is 14.4. The molecule has 0 bridgehead atoms. The zero-order chi connectivity index (χ0) is 60.4. The van der Waals surface area contributed by atoms with Crippen molar-refractivity contribution >= 4 is 74.8 Å². The summed E-state index contributed by atoms with van der Waals surface area (Å²) in [6.07, 6.45) is -25.1. The Labute approximate surface area is 452 Å². The largest absolute Gasteiger partial charge is 0.435 e. The van der Waals surface area contributed by atoms with Crippen LogP contribution in [0.2, 0.25) is 49.3 Å². The highest BCUT2D eigenvalue weighted by Gasteiger charge is 2.74. The van der Waals surface area contributed by atoms with E-state index in [1.54, 1.807) is 27.7 Å². The van der Waals surface area contributed by atoms with Crippen LogP contribution in [0.25, 0.3) is 0 Å². The van der Waals surface area contributed by atoms with Gasteiger partial charge in [0.1, 0.15) is 0 Å². The molecule has 0 atom stereocenters. The second kappa shape index (κ2) is 23.8. The molecule has 0 saturated carbocycles. The molecule has 0 aromatic heterocycles. The third-order valence-electron chi connectivity index (χ3n) is 10.8. The van der Waals surface area contributed by atoms with Crippen molar-refractivity contribution in [3.05, 3.63) is 127 Å². The van der Waals surface area contributed by atoms with Crippen molar-refractivity contribution in [2.45, 2.75) is 128 Å².